The van der Waals surface area contributed by atoms with Crippen LogP contribution in [0.15, 0.2) is 24.3 Å². The van der Waals surface area contributed by atoms with Crippen molar-refractivity contribution in [3.05, 3.63) is 30.1 Å². The molecule has 7 heteroatoms. The molecule has 0 radical (unpaired) electrons. The maximum absolute atomic E-state index is 13.0. The minimum absolute atomic E-state index is 0.176. The van der Waals surface area contributed by atoms with Crippen molar-refractivity contribution in [2.45, 2.75) is 63.8 Å². The van der Waals surface area contributed by atoms with Gasteiger partial charge in [-0.05, 0) is 50.8 Å². The fraction of sp³-hybridized carbons (Fsp3) is 0.625. The van der Waals surface area contributed by atoms with Crippen LogP contribution in [0.5, 0.6) is 0 Å². The number of fused-ring (bicyclic) bond motifs is 2. The topological polar surface area (TPSA) is 81.3 Å². The molecule has 0 spiro atoms. The van der Waals surface area contributed by atoms with Crippen molar-refractivity contribution in [2.75, 3.05) is 32.7 Å². The zero-order valence-corrected chi connectivity index (χ0v) is 18.4. The number of rotatable bonds is 3. The number of aromatic nitrogens is 2. The van der Waals surface area contributed by atoms with Crippen LogP contribution in [0.1, 0.15) is 57.2 Å². The maximum atomic E-state index is 13.0. The summed E-state index contributed by atoms with van der Waals surface area (Å²) in [5, 5.41) is 3.08. The highest BCUT2D eigenvalue weighted by molar-refractivity contribution is 5.77. The lowest BCUT2D eigenvalue weighted by Crippen LogP contribution is -2.44. The van der Waals surface area contributed by atoms with E-state index in [0.717, 1.165) is 68.7 Å². The molecule has 1 aromatic carbocycles. The van der Waals surface area contributed by atoms with E-state index in [0.29, 0.717) is 31.8 Å². The van der Waals surface area contributed by atoms with Crippen LogP contribution in [0.25, 0.3) is 11.0 Å². The Morgan fingerprint density at radius 1 is 1.03 bits per heavy atom. The number of aryl methyl sites for hydroxylation is 1. The molecule has 168 valence electrons. The number of piperidine rings is 1. The van der Waals surface area contributed by atoms with E-state index in [4.69, 9.17) is 0 Å². The third kappa shape index (κ3) is 6.06. The van der Waals surface area contributed by atoms with E-state index < -0.39 is 0 Å². The molecule has 7 nitrogen and oxygen atoms in total. The predicted molar refractivity (Wildman–Crippen MR) is 122 cm³/mol. The Hall–Kier alpha value is -2.41. The Balaban J connectivity index is 1.34. The summed E-state index contributed by atoms with van der Waals surface area (Å²) >= 11 is 0. The van der Waals surface area contributed by atoms with E-state index in [1.54, 1.807) is 0 Å². The van der Waals surface area contributed by atoms with Gasteiger partial charge in [-0.25, -0.2) is 4.98 Å². The third-order valence-electron chi connectivity index (χ3n) is 6.59. The summed E-state index contributed by atoms with van der Waals surface area (Å²) in [6, 6.07) is 8.32. The Kier molecular flexibility index (Phi) is 7.57. The van der Waals surface area contributed by atoms with Crippen molar-refractivity contribution >= 4 is 22.8 Å². The fourth-order valence-corrected chi connectivity index (χ4v) is 4.86. The van der Waals surface area contributed by atoms with Crippen molar-refractivity contribution in [3.8, 4) is 0 Å². The number of nitrogens with one attached hydrogen (secondary N) is 2. The number of para-hydroxylation sites is 2. The van der Waals surface area contributed by atoms with Crippen LogP contribution in [-0.2, 0) is 16.0 Å². The van der Waals surface area contributed by atoms with Gasteiger partial charge in [0.1, 0.15) is 5.82 Å². The molecule has 3 heterocycles. The minimum atomic E-state index is 0.176. The first-order valence-electron chi connectivity index (χ1n) is 11.9. The fourth-order valence-electron chi connectivity index (χ4n) is 4.86. The Bertz CT molecular complexity index is 847. The Morgan fingerprint density at radius 3 is 2.74 bits per heavy atom. The lowest BCUT2D eigenvalue weighted by atomic mass is 9.98. The van der Waals surface area contributed by atoms with Crippen molar-refractivity contribution < 1.29 is 9.59 Å². The smallest absolute Gasteiger partial charge is 0.223 e. The van der Waals surface area contributed by atoms with Crippen LogP contribution in [0.3, 0.4) is 0 Å². The molecular formula is C24H35N5O2. The molecule has 1 atom stereocenters. The van der Waals surface area contributed by atoms with Crippen LogP contribution in [0.4, 0.5) is 0 Å². The van der Waals surface area contributed by atoms with E-state index in [1.807, 2.05) is 29.2 Å². The van der Waals surface area contributed by atoms with Crippen LogP contribution < -0.4 is 5.32 Å². The summed E-state index contributed by atoms with van der Waals surface area (Å²) in [6.07, 6.45) is 8.04. The lowest BCUT2D eigenvalue weighted by molar-refractivity contribution is -0.131. The minimum Gasteiger partial charge on any atom is -0.356 e. The number of imidazole rings is 1. The van der Waals surface area contributed by atoms with Gasteiger partial charge in [0.25, 0.3) is 0 Å². The molecule has 0 bridgehead atoms. The highest BCUT2D eigenvalue weighted by atomic mass is 16.2. The van der Waals surface area contributed by atoms with Crippen molar-refractivity contribution in [2.24, 2.45) is 0 Å². The van der Waals surface area contributed by atoms with E-state index in [2.05, 4.69) is 20.2 Å². The molecule has 2 aliphatic rings. The Morgan fingerprint density at radius 2 is 1.84 bits per heavy atom. The van der Waals surface area contributed by atoms with Gasteiger partial charge in [-0.1, -0.05) is 18.6 Å². The molecular weight excluding hydrogens is 390 g/mol. The first-order valence-corrected chi connectivity index (χ1v) is 11.9. The number of nitrogens with zero attached hydrogens (tertiary/aromatic N) is 3. The molecule has 2 fully saturated rings. The Labute approximate surface area is 184 Å². The quantitative estimate of drug-likeness (QED) is 0.792. The molecule has 1 unspecified atom stereocenters. The van der Waals surface area contributed by atoms with Crippen molar-refractivity contribution in [3.63, 3.8) is 0 Å². The van der Waals surface area contributed by atoms with Crippen LogP contribution in [0, 0.1) is 0 Å². The summed E-state index contributed by atoms with van der Waals surface area (Å²) in [5.74, 6) is 1.25. The number of hydrogen-bond acceptors (Lipinski definition) is 4. The second-order valence-corrected chi connectivity index (χ2v) is 8.88. The SMILES string of the molecule is O=C1CC2CCCCN2CCCN(C(=O)CCc2nc3ccccc3[nH]2)CCCCN1. The number of H-pyrrole nitrogens is 1. The van der Waals surface area contributed by atoms with E-state index in [9.17, 15) is 9.59 Å². The molecule has 1 aromatic heterocycles. The zero-order chi connectivity index (χ0) is 21.5. The molecule has 0 saturated carbocycles. The predicted octanol–water partition coefficient (Wildman–Crippen LogP) is 2.87. The second-order valence-electron chi connectivity index (χ2n) is 8.88. The van der Waals surface area contributed by atoms with Gasteiger partial charge in [0.2, 0.25) is 11.8 Å². The highest BCUT2D eigenvalue weighted by Crippen LogP contribution is 2.20. The zero-order valence-electron chi connectivity index (χ0n) is 18.4. The average molecular weight is 426 g/mol. The first-order chi connectivity index (χ1) is 15.2. The van der Waals surface area contributed by atoms with Crippen molar-refractivity contribution in [1.29, 1.82) is 0 Å². The molecule has 2 aromatic rings. The summed E-state index contributed by atoms with van der Waals surface area (Å²) in [7, 11) is 0. The van der Waals surface area contributed by atoms with Crippen molar-refractivity contribution in [1.82, 2.24) is 25.1 Å². The number of hydrogen-bond donors (Lipinski definition) is 2. The third-order valence-corrected chi connectivity index (χ3v) is 6.59. The van der Waals surface area contributed by atoms with Gasteiger partial charge in [0, 0.05) is 51.5 Å². The van der Waals surface area contributed by atoms with E-state index >= 15 is 0 Å². The molecule has 2 amide bonds. The number of benzene rings is 1. The summed E-state index contributed by atoms with van der Waals surface area (Å²) in [6.45, 7) is 4.29. The standard InChI is InChI=1S/C24H35N5O2/c30-23-18-19-8-3-5-14-28(19)16-7-17-29(15-6-4-13-25-23)24(31)12-11-22-26-20-9-1-2-10-21(20)27-22/h1-2,9-10,19H,3-8,11-18H2,(H,25,30)(H,26,27). The summed E-state index contributed by atoms with van der Waals surface area (Å²) in [4.78, 5) is 37.7. The first kappa shape index (κ1) is 21.8. The number of aromatic amines is 1. The van der Waals surface area contributed by atoms with E-state index in [1.165, 1.54) is 12.8 Å². The number of carbonyl (C=O) groups is 2. The van der Waals surface area contributed by atoms with E-state index in [-0.39, 0.29) is 11.8 Å². The van der Waals surface area contributed by atoms with Gasteiger partial charge in [-0.2, -0.15) is 0 Å². The van der Waals surface area contributed by atoms with Crippen LogP contribution >= 0.6 is 0 Å². The molecule has 2 saturated heterocycles. The molecule has 2 N–H and O–H groups in total. The summed E-state index contributed by atoms with van der Waals surface area (Å²) in [5.41, 5.74) is 1.97. The highest BCUT2D eigenvalue weighted by Gasteiger charge is 2.25. The summed E-state index contributed by atoms with van der Waals surface area (Å²) < 4.78 is 0. The molecule has 31 heavy (non-hydrogen) atoms. The van der Waals surface area contributed by atoms with Gasteiger partial charge in [0.05, 0.1) is 11.0 Å². The molecule has 2 aliphatic heterocycles. The van der Waals surface area contributed by atoms with Gasteiger partial charge in [-0.3, -0.25) is 14.5 Å². The largest absolute Gasteiger partial charge is 0.356 e. The second kappa shape index (κ2) is 10.8. The van der Waals surface area contributed by atoms with Gasteiger partial charge < -0.3 is 15.2 Å². The van der Waals surface area contributed by atoms with Crippen LogP contribution in [0.2, 0.25) is 0 Å². The molecule has 0 aliphatic carbocycles. The normalized spacial score (nSPS) is 22.1. The molecule has 4 rings (SSSR count). The van der Waals surface area contributed by atoms with Gasteiger partial charge in [0.15, 0.2) is 0 Å². The lowest BCUT2D eigenvalue weighted by Gasteiger charge is -2.35. The number of amides is 2. The van der Waals surface area contributed by atoms with Gasteiger partial charge in [-0.15, -0.1) is 0 Å². The van der Waals surface area contributed by atoms with Gasteiger partial charge >= 0.3 is 0 Å². The monoisotopic (exact) mass is 425 g/mol. The van der Waals surface area contributed by atoms with Crippen LogP contribution in [-0.4, -0.2) is 70.3 Å². The maximum Gasteiger partial charge on any atom is 0.223 e. The number of carbonyl (C=O) groups excluding carboxylic acids is 2. The average Bonchev–Trinajstić information content (AvgIpc) is 3.20.